The minimum atomic E-state index is -0.479. The Morgan fingerprint density at radius 2 is 1.47 bits per heavy atom. The molecule has 0 aromatic heterocycles. The van der Waals surface area contributed by atoms with E-state index in [1.54, 1.807) is 53.4 Å². The van der Waals surface area contributed by atoms with Crippen molar-refractivity contribution in [2.45, 2.75) is 12.5 Å². The monoisotopic (exact) mass is 435 g/mol. The molecule has 1 atom stereocenters. The summed E-state index contributed by atoms with van der Waals surface area (Å²) >= 11 is 0. The first kappa shape index (κ1) is 20.2. The molecule has 2 aromatic rings. The number of amides is 4. The average molecular weight is 435 g/mol. The summed E-state index contributed by atoms with van der Waals surface area (Å²) in [4.78, 5) is 53.8. The first-order valence-corrected chi connectivity index (χ1v) is 10.4. The lowest BCUT2D eigenvalue weighted by molar-refractivity contribution is -0.125. The van der Waals surface area contributed by atoms with Gasteiger partial charge < -0.3 is 14.4 Å². The molecule has 0 spiro atoms. The topological polar surface area (TPSA) is 96.5 Å². The molecule has 9 nitrogen and oxygen atoms in total. The van der Waals surface area contributed by atoms with Gasteiger partial charge in [0.05, 0.1) is 24.3 Å². The van der Waals surface area contributed by atoms with Crippen LogP contribution in [0.2, 0.25) is 0 Å². The van der Waals surface area contributed by atoms with Crippen LogP contribution < -0.4 is 9.80 Å². The van der Waals surface area contributed by atoms with Gasteiger partial charge in [0.2, 0.25) is 0 Å². The summed E-state index contributed by atoms with van der Waals surface area (Å²) in [6.45, 7) is 1.54. The molecule has 0 aliphatic carbocycles. The van der Waals surface area contributed by atoms with Gasteiger partial charge in [-0.1, -0.05) is 12.1 Å². The third kappa shape index (κ3) is 3.50. The van der Waals surface area contributed by atoms with Gasteiger partial charge in [-0.3, -0.25) is 24.2 Å². The molecule has 3 aliphatic rings. The molecule has 0 radical (unpaired) electrons. The molecule has 32 heavy (non-hydrogen) atoms. The number of anilines is 2. The van der Waals surface area contributed by atoms with Crippen molar-refractivity contribution < 1.29 is 28.7 Å². The molecule has 164 valence electrons. The molecule has 4 amide bonds. The molecule has 2 aromatic carbocycles. The lowest BCUT2D eigenvalue weighted by Crippen LogP contribution is -2.41. The number of carbonyl (C=O) groups is 4. The van der Waals surface area contributed by atoms with E-state index in [0.29, 0.717) is 42.9 Å². The molecular formula is C23H21N3O6. The molecular weight excluding hydrogens is 414 g/mol. The van der Waals surface area contributed by atoms with Crippen LogP contribution >= 0.6 is 0 Å². The van der Waals surface area contributed by atoms with Gasteiger partial charge in [-0.2, -0.15) is 0 Å². The first-order chi connectivity index (χ1) is 15.5. The molecule has 9 heteroatoms. The third-order valence-corrected chi connectivity index (χ3v) is 5.89. The van der Waals surface area contributed by atoms with Crippen LogP contribution in [0.5, 0.6) is 0 Å². The highest BCUT2D eigenvalue weighted by molar-refractivity contribution is 6.21. The number of hydrogen-bond donors (Lipinski definition) is 0. The predicted octanol–water partition coefficient (Wildman–Crippen LogP) is 2.06. The number of cyclic esters (lactones) is 1. The number of imide groups is 1. The molecule has 1 unspecified atom stereocenters. The zero-order valence-corrected chi connectivity index (χ0v) is 17.2. The Morgan fingerprint density at radius 3 is 2.09 bits per heavy atom. The molecule has 3 aliphatic heterocycles. The second-order valence-corrected chi connectivity index (χ2v) is 7.83. The van der Waals surface area contributed by atoms with Crippen molar-refractivity contribution in [3.05, 3.63) is 59.7 Å². The van der Waals surface area contributed by atoms with Crippen LogP contribution in [0.1, 0.15) is 27.1 Å². The second-order valence-electron chi connectivity index (χ2n) is 7.83. The van der Waals surface area contributed by atoms with E-state index < -0.39 is 12.2 Å². The Bertz CT molecular complexity index is 1060. The lowest BCUT2D eigenvalue weighted by Gasteiger charge is -2.27. The second kappa shape index (κ2) is 8.08. The number of benzene rings is 2. The van der Waals surface area contributed by atoms with Gasteiger partial charge >= 0.3 is 6.09 Å². The molecule has 5 rings (SSSR count). The molecule has 0 bridgehead atoms. The van der Waals surface area contributed by atoms with Crippen molar-refractivity contribution in [2.75, 3.05) is 42.6 Å². The molecule has 0 N–H and O–H groups in total. The fourth-order valence-corrected chi connectivity index (χ4v) is 4.20. The van der Waals surface area contributed by atoms with Gasteiger partial charge in [0.15, 0.2) is 0 Å². The van der Waals surface area contributed by atoms with E-state index in [1.165, 1.54) is 9.80 Å². The van der Waals surface area contributed by atoms with E-state index in [4.69, 9.17) is 9.47 Å². The standard InChI is InChI=1S/C23H21N3O6/c27-20-14-31-12-11-24(20)15-5-7-16(8-6-15)26-13-17(32-23(26)30)9-10-25-21(28)18-3-1-2-4-19(18)22(25)29/h1-8,17H,9-14H2. The van der Waals surface area contributed by atoms with Gasteiger partial charge in [0, 0.05) is 30.9 Å². The largest absolute Gasteiger partial charge is 0.444 e. The Hall–Kier alpha value is -3.72. The van der Waals surface area contributed by atoms with Crippen molar-refractivity contribution in [3.63, 3.8) is 0 Å². The average Bonchev–Trinajstić information content (AvgIpc) is 3.30. The summed E-state index contributed by atoms with van der Waals surface area (Å²) in [6.07, 6.45) is -0.562. The number of morpholine rings is 1. The maximum absolute atomic E-state index is 12.5. The fourth-order valence-electron chi connectivity index (χ4n) is 4.20. The summed E-state index contributed by atoms with van der Waals surface area (Å²) in [5, 5.41) is 0. The van der Waals surface area contributed by atoms with Crippen LogP contribution in [0, 0.1) is 0 Å². The summed E-state index contributed by atoms with van der Waals surface area (Å²) in [5.41, 5.74) is 2.21. The number of fused-ring (bicyclic) bond motifs is 1. The van der Waals surface area contributed by atoms with Gasteiger partial charge in [-0.25, -0.2) is 4.79 Å². The highest BCUT2D eigenvalue weighted by Gasteiger charge is 2.37. The van der Waals surface area contributed by atoms with E-state index in [0.717, 1.165) is 5.69 Å². The van der Waals surface area contributed by atoms with Crippen molar-refractivity contribution in [2.24, 2.45) is 0 Å². The van der Waals surface area contributed by atoms with E-state index in [2.05, 4.69) is 0 Å². The smallest absolute Gasteiger partial charge is 0.414 e. The van der Waals surface area contributed by atoms with Gasteiger partial charge in [-0.05, 0) is 36.4 Å². The van der Waals surface area contributed by atoms with E-state index in [9.17, 15) is 19.2 Å². The number of carbonyl (C=O) groups excluding carboxylic acids is 4. The third-order valence-electron chi connectivity index (χ3n) is 5.89. The minimum Gasteiger partial charge on any atom is -0.444 e. The van der Waals surface area contributed by atoms with Gasteiger partial charge in [-0.15, -0.1) is 0 Å². The number of ether oxygens (including phenoxy) is 2. The van der Waals surface area contributed by atoms with Gasteiger partial charge in [0.25, 0.3) is 17.7 Å². The van der Waals surface area contributed by atoms with Crippen LogP contribution in [0.15, 0.2) is 48.5 Å². The maximum atomic E-state index is 12.5. The Balaban J connectivity index is 1.21. The lowest BCUT2D eigenvalue weighted by atomic mass is 10.1. The maximum Gasteiger partial charge on any atom is 0.414 e. The Labute approximate surface area is 184 Å². The van der Waals surface area contributed by atoms with Crippen molar-refractivity contribution >= 4 is 35.2 Å². The van der Waals surface area contributed by atoms with Crippen LogP contribution in [-0.2, 0) is 14.3 Å². The van der Waals surface area contributed by atoms with Crippen LogP contribution in [0.3, 0.4) is 0 Å². The van der Waals surface area contributed by atoms with Crippen LogP contribution in [0.25, 0.3) is 0 Å². The summed E-state index contributed by atoms with van der Waals surface area (Å²) < 4.78 is 10.6. The number of nitrogens with zero attached hydrogens (tertiary/aromatic N) is 3. The Kier molecular flexibility index (Phi) is 5.10. The van der Waals surface area contributed by atoms with Gasteiger partial charge in [0.1, 0.15) is 12.7 Å². The van der Waals surface area contributed by atoms with Crippen molar-refractivity contribution in [1.29, 1.82) is 0 Å². The predicted molar refractivity (Wildman–Crippen MR) is 114 cm³/mol. The molecule has 2 saturated heterocycles. The molecule has 0 saturated carbocycles. The summed E-state index contributed by atoms with van der Waals surface area (Å²) in [6, 6.07) is 13.9. The normalized spacial score (nSPS) is 20.8. The van der Waals surface area contributed by atoms with E-state index >= 15 is 0 Å². The van der Waals surface area contributed by atoms with E-state index in [1.807, 2.05) is 0 Å². The quantitative estimate of drug-likeness (QED) is 0.667. The summed E-state index contributed by atoms with van der Waals surface area (Å²) in [5.74, 6) is -0.738. The summed E-state index contributed by atoms with van der Waals surface area (Å²) in [7, 11) is 0. The minimum absolute atomic E-state index is 0.0645. The fraction of sp³-hybridized carbons (Fsp3) is 0.304. The van der Waals surface area contributed by atoms with Crippen molar-refractivity contribution in [3.8, 4) is 0 Å². The number of hydrogen-bond acceptors (Lipinski definition) is 6. The molecule has 2 fully saturated rings. The highest BCUT2D eigenvalue weighted by atomic mass is 16.6. The van der Waals surface area contributed by atoms with Crippen LogP contribution in [-0.4, -0.2) is 67.7 Å². The Morgan fingerprint density at radius 1 is 0.844 bits per heavy atom. The number of rotatable bonds is 5. The van der Waals surface area contributed by atoms with E-state index in [-0.39, 0.29) is 30.9 Å². The SMILES string of the molecule is O=C1c2ccccc2C(=O)N1CCC1CN(c2ccc(N3CCOCC3=O)cc2)C(=O)O1. The zero-order valence-electron chi connectivity index (χ0n) is 17.2. The van der Waals surface area contributed by atoms with Crippen LogP contribution in [0.4, 0.5) is 16.2 Å². The van der Waals surface area contributed by atoms with Crippen molar-refractivity contribution in [1.82, 2.24) is 4.90 Å². The highest BCUT2D eigenvalue weighted by Crippen LogP contribution is 2.28. The first-order valence-electron chi connectivity index (χ1n) is 10.4. The molecule has 3 heterocycles. The zero-order chi connectivity index (χ0) is 22.2.